The average Bonchev–Trinajstić information content (AvgIpc) is 3.53. The van der Waals surface area contributed by atoms with E-state index >= 15 is 0 Å². The molecule has 2 aromatic rings. The molecular formula is C25H29ClF3N5O. The van der Waals surface area contributed by atoms with Crippen LogP contribution in [0.1, 0.15) is 25.8 Å². The van der Waals surface area contributed by atoms with Crippen LogP contribution in [0, 0.1) is 11.8 Å². The monoisotopic (exact) mass is 507 g/mol. The van der Waals surface area contributed by atoms with E-state index in [2.05, 4.69) is 15.2 Å². The van der Waals surface area contributed by atoms with Gasteiger partial charge in [0.15, 0.2) is 0 Å². The minimum Gasteiger partial charge on any atom is -0.368 e. The van der Waals surface area contributed by atoms with Gasteiger partial charge in [-0.1, -0.05) is 23.8 Å². The van der Waals surface area contributed by atoms with Crippen LogP contribution >= 0.6 is 11.6 Å². The molecule has 3 aliphatic rings. The van der Waals surface area contributed by atoms with Crippen LogP contribution in [0.2, 0.25) is 0 Å². The minimum atomic E-state index is -4.39. The zero-order valence-corrected chi connectivity index (χ0v) is 20.3. The number of aromatic nitrogens is 2. The lowest BCUT2D eigenvalue weighted by atomic mass is 9.82. The number of fused-ring (bicyclic) bond motifs is 1. The van der Waals surface area contributed by atoms with Crippen molar-refractivity contribution in [1.82, 2.24) is 19.8 Å². The summed E-state index contributed by atoms with van der Waals surface area (Å²) in [7, 11) is 0. The molecule has 0 saturated carbocycles. The molecule has 2 saturated heterocycles. The van der Waals surface area contributed by atoms with Gasteiger partial charge in [-0.15, -0.1) is 0 Å². The lowest BCUT2D eigenvalue weighted by Gasteiger charge is -2.37. The summed E-state index contributed by atoms with van der Waals surface area (Å²) in [6.07, 6.45) is 3.34. The van der Waals surface area contributed by atoms with E-state index in [1.165, 1.54) is 6.08 Å². The van der Waals surface area contributed by atoms with Crippen LogP contribution in [0.25, 0.3) is 11.0 Å². The maximum absolute atomic E-state index is 13.8. The number of alkyl halides is 3. The van der Waals surface area contributed by atoms with Crippen LogP contribution in [0.15, 0.2) is 47.8 Å². The Kier molecular flexibility index (Phi) is 6.57. The molecule has 0 spiro atoms. The fraction of sp³-hybridized carbons (Fsp3) is 0.520. The first-order chi connectivity index (χ1) is 16.7. The number of halogens is 4. The Hall–Kier alpha value is -2.52. The number of rotatable bonds is 4. The second kappa shape index (κ2) is 9.50. The Balaban J connectivity index is 1.34. The molecule has 1 aliphatic carbocycles. The first kappa shape index (κ1) is 24.2. The van der Waals surface area contributed by atoms with Crippen molar-refractivity contribution in [2.24, 2.45) is 11.8 Å². The Morgan fingerprint density at radius 3 is 2.69 bits per heavy atom. The van der Waals surface area contributed by atoms with E-state index < -0.39 is 24.1 Å². The van der Waals surface area contributed by atoms with Gasteiger partial charge < -0.3 is 19.7 Å². The van der Waals surface area contributed by atoms with Gasteiger partial charge in [-0.3, -0.25) is 4.79 Å². The van der Waals surface area contributed by atoms with Crippen LogP contribution in [0.4, 0.5) is 18.9 Å². The zero-order chi connectivity index (χ0) is 24.7. The Labute approximate surface area is 207 Å². The van der Waals surface area contributed by atoms with Crippen LogP contribution in [-0.2, 0) is 4.79 Å². The van der Waals surface area contributed by atoms with Crippen molar-refractivity contribution >= 4 is 34.2 Å². The highest BCUT2D eigenvalue weighted by molar-refractivity contribution is 6.31. The van der Waals surface area contributed by atoms with E-state index in [0.29, 0.717) is 26.2 Å². The molecule has 1 N–H and O–H groups in total. The first-order valence-electron chi connectivity index (χ1n) is 12.1. The van der Waals surface area contributed by atoms with Gasteiger partial charge in [0, 0.05) is 48.9 Å². The van der Waals surface area contributed by atoms with Crippen molar-refractivity contribution in [3.05, 3.63) is 47.8 Å². The van der Waals surface area contributed by atoms with E-state index in [1.54, 1.807) is 19.3 Å². The molecule has 5 rings (SSSR count). The number of nitrogens with one attached hydrogen (secondary N) is 1. The molecule has 0 radical (unpaired) electrons. The lowest BCUT2D eigenvalue weighted by Crippen LogP contribution is -2.53. The molecule has 35 heavy (non-hydrogen) atoms. The Bertz CT molecular complexity index is 1150. The molecule has 10 heteroatoms. The maximum Gasteiger partial charge on any atom is 0.395 e. The highest BCUT2D eigenvalue weighted by Gasteiger charge is 2.45. The SMILES string of the molecule is CC(C1C=CC(Cl)=CC1C(F)(F)F)n1cnc2ccc(N3CCN(C(=O)[C@H]4CCCN4)CC3)cc21. The third kappa shape index (κ3) is 4.80. The number of nitrogens with zero attached hydrogens (tertiary/aromatic N) is 4. The van der Waals surface area contributed by atoms with Crippen molar-refractivity contribution in [2.45, 2.75) is 38.0 Å². The summed E-state index contributed by atoms with van der Waals surface area (Å²) in [5, 5.41) is 3.38. The van der Waals surface area contributed by atoms with Gasteiger partial charge in [-0.25, -0.2) is 4.98 Å². The van der Waals surface area contributed by atoms with Crippen LogP contribution in [-0.4, -0.2) is 65.3 Å². The Morgan fingerprint density at radius 1 is 1.23 bits per heavy atom. The van der Waals surface area contributed by atoms with Crippen LogP contribution in [0.3, 0.4) is 0 Å². The van der Waals surface area contributed by atoms with E-state index in [4.69, 9.17) is 11.6 Å². The van der Waals surface area contributed by atoms with Gasteiger partial charge in [-0.2, -0.15) is 13.2 Å². The summed E-state index contributed by atoms with van der Waals surface area (Å²) < 4.78 is 43.1. The number of anilines is 1. The predicted octanol–water partition coefficient (Wildman–Crippen LogP) is 4.49. The predicted molar refractivity (Wildman–Crippen MR) is 130 cm³/mol. The summed E-state index contributed by atoms with van der Waals surface area (Å²) in [5.41, 5.74) is 2.50. The third-order valence-corrected chi connectivity index (χ3v) is 7.73. The van der Waals surface area contributed by atoms with Crippen molar-refractivity contribution in [3.63, 3.8) is 0 Å². The maximum atomic E-state index is 13.8. The molecule has 4 atom stereocenters. The molecule has 2 aliphatic heterocycles. The number of carbonyl (C=O) groups excluding carboxylic acids is 1. The number of hydrogen-bond acceptors (Lipinski definition) is 4. The van der Waals surface area contributed by atoms with Crippen molar-refractivity contribution in [1.29, 1.82) is 0 Å². The molecule has 3 heterocycles. The largest absolute Gasteiger partial charge is 0.395 e. The topological polar surface area (TPSA) is 53.4 Å². The van der Waals surface area contributed by atoms with Gasteiger partial charge in [-0.05, 0) is 50.6 Å². The average molecular weight is 508 g/mol. The highest BCUT2D eigenvalue weighted by Crippen LogP contribution is 2.43. The number of allylic oxidation sites excluding steroid dienone is 4. The fourth-order valence-electron chi connectivity index (χ4n) is 5.46. The standard InChI is InChI=1S/C25H29ClF3N5O/c1-16(19-6-4-17(26)13-20(19)25(27,28)29)34-15-31-21-7-5-18(14-23(21)34)32-9-11-33(12-10-32)24(35)22-3-2-8-30-22/h4-7,13-16,19-20,22,30H,2-3,8-12H2,1H3/t16?,19?,20?,22-/m1/s1. The molecule has 6 nitrogen and oxygen atoms in total. The van der Waals surface area contributed by atoms with Crippen LogP contribution < -0.4 is 10.2 Å². The lowest BCUT2D eigenvalue weighted by molar-refractivity contribution is -0.173. The van der Waals surface area contributed by atoms with Gasteiger partial charge in [0.25, 0.3) is 0 Å². The second-order valence-electron chi connectivity index (χ2n) is 9.58. The Morgan fingerprint density at radius 2 is 2.00 bits per heavy atom. The van der Waals surface area contributed by atoms with Crippen LogP contribution in [0.5, 0.6) is 0 Å². The molecule has 0 bridgehead atoms. The van der Waals surface area contributed by atoms with E-state index in [9.17, 15) is 18.0 Å². The van der Waals surface area contributed by atoms with Crippen molar-refractivity contribution < 1.29 is 18.0 Å². The van der Waals surface area contributed by atoms with E-state index in [-0.39, 0.29) is 17.0 Å². The number of piperazine rings is 1. The summed E-state index contributed by atoms with van der Waals surface area (Å²) >= 11 is 5.90. The van der Waals surface area contributed by atoms with Gasteiger partial charge in [0.1, 0.15) is 0 Å². The van der Waals surface area contributed by atoms with Gasteiger partial charge in [0.05, 0.1) is 29.3 Å². The molecule has 2 fully saturated rings. The highest BCUT2D eigenvalue weighted by atomic mass is 35.5. The summed E-state index contributed by atoms with van der Waals surface area (Å²) in [4.78, 5) is 21.3. The zero-order valence-electron chi connectivity index (χ0n) is 19.5. The van der Waals surface area contributed by atoms with Crippen molar-refractivity contribution in [3.8, 4) is 0 Å². The fourth-order valence-corrected chi connectivity index (χ4v) is 5.66. The second-order valence-corrected chi connectivity index (χ2v) is 10.0. The number of carbonyl (C=O) groups is 1. The molecule has 188 valence electrons. The molecule has 3 unspecified atom stereocenters. The number of hydrogen-bond donors (Lipinski definition) is 1. The molecular weight excluding hydrogens is 479 g/mol. The number of imidazole rings is 1. The summed E-state index contributed by atoms with van der Waals surface area (Å²) in [5.74, 6) is -2.27. The van der Waals surface area contributed by atoms with E-state index in [0.717, 1.165) is 42.2 Å². The normalized spacial score (nSPS) is 26.3. The minimum absolute atomic E-state index is 0.0622. The summed E-state index contributed by atoms with van der Waals surface area (Å²) in [6.45, 7) is 5.40. The number of benzene rings is 1. The van der Waals surface area contributed by atoms with E-state index in [1.807, 2.05) is 27.7 Å². The quantitative estimate of drug-likeness (QED) is 0.663. The molecule has 1 aromatic carbocycles. The first-order valence-corrected chi connectivity index (χ1v) is 12.5. The summed E-state index contributed by atoms with van der Waals surface area (Å²) in [6, 6.07) is 5.34. The van der Waals surface area contributed by atoms with Gasteiger partial charge in [0.2, 0.25) is 5.91 Å². The molecule has 1 amide bonds. The van der Waals surface area contributed by atoms with Crippen molar-refractivity contribution in [2.75, 3.05) is 37.6 Å². The number of amides is 1. The smallest absolute Gasteiger partial charge is 0.368 e. The van der Waals surface area contributed by atoms with Gasteiger partial charge >= 0.3 is 6.18 Å². The molecule has 1 aromatic heterocycles. The third-order valence-electron chi connectivity index (χ3n) is 7.48.